The van der Waals surface area contributed by atoms with Crippen LogP contribution in [0.1, 0.15) is 39.9 Å². The Morgan fingerprint density at radius 3 is 2.61 bits per heavy atom. The molecule has 6 rings (SSSR count). The van der Waals surface area contributed by atoms with E-state index < -0.39 is 5.97 Å². The quantitative estimate of drug-likeness (QED) is 0.437. The normalized spacial score (nSPS) is 21.9. The summed E-state index contributed by atoms with van der Waals surface area (Å²) in [5, 5.41) is 22.4. The molecule has 9 nitrogen and oxygen atoms in total. The number of carbonyl (C=O) groups is 2. The number of morpholine rings is 1. The lowest BCUT2D eigenvalue weighted by molar-refractivity contribution is -0.144. The fourth-order valence-electron chi connectivity index (χ4n) is 6.33. The Bertz CT molecular complexity index is 1490. The standard InChI is InChI=1S/C31H32N4O5S/c1-19-2-7-27(40-17-23-6-3-20(13-24(23)14-32)29(36)34-8-10-39-11-9-34)25(12-19)26-18-41-31(33-26)35-15-21-4-5-22(16-35)28(21)30(37)38/h2-3,6-7,12-13,18,21-22,28H,4-5,8-11,15-17H2,1H3,(H,37,38)/t21-,22+,28+. The first-order valence-electron chi connectivity index (χ1n) is 14.0. The number of carbonyl (C=O) groups excluding carboxylic acids is 1. The summed E-state index contributed by atoms with van der Waals surface area (Å²) in [6.45, 7) is 5.76. The zero-order valence-electron chi connectivity index (χ0n) is 22.9. The van der Waals surface area contributed by atoms with Gasteiger partial charge in [-0.05, 0) is 55.9 Å². The Labute approximate surface area is 242 Å². The molecule has 0 radical (unpaired) electrons. The van der Waals surface area contributed by atoms with Gasteiger partial charge in [0.15, 0.2) is 5.13 Å². The number of piperidine rings is 1. The molecule has 212 valence electrons. The van der Waals surface area contributed by atoms with E-state index >= 15 is 0 Å². The number of aromatic nitrogens is 1. The molecule has 3 aromatic rings. The lowest BCUT2D eigenvalue weighted by atomic mass is 9.85. The number of hydrogen-bond donors (Lipinski definition) is 1. The molecule has 2 saturated heterocycles. The Balaban J connectivity index is 1.18. The molecule has 1 N–H and O–H groups in total. The Kier molecular flexibility index (Phi) is 7.65. The first-order valence-corrected chi connectivity index (χ1v) is 14.9. The molecule has 10 heteroatoms. The lowest BCUT2D eigenvalue weighted by Gasteiger charge is -2.35. The summed E-state index contributed by atoms with van der Waals surface area (Å²) in [5.74, 6) is -0.0153. The van der Waals surface area contributed by atoms with Crippen molar-refractivity contribution in [3.63, 3.8) is 0 Å². The number of fused-ring (bicyclic) bond motifs is 2. The second kappa shape index (κ2) is 11.5. The summed E-state index contributed by atoms with van der Waals surface area (Å²) < 4.78 is 11.6. The number of benzene rings is 2. The van der Waals surface area contributed by atoms with E-state index in [1.165, 1.54) is 0 Å². The molecule has 1 amide bonds. The fourth-order valence-corrected chi connectivity index (χ4v) is 7.17. The van der Waals surface area contributed by atoms with Crippen LogP contribution >= 0.6 is 11.3 Å². The van der Waals surface area contributed by atoms with Crippen molar-refractivity contribution in [2.24, 2.45) is 17.8 Å². The van der Waals surface area contributed by atoms with E-state index in [4.69, 9.17) is 14.5 Å². The van der Waals surface area contributed by atoms with Gasteiger partial charge in [-0.3, -0.25) is 9.59 Å². The Morgan fingerprint density at radius 2 is 1.90 bits per heavy atom. The number of carboxylic acids is 1. The van der Waals surface area contributed by atoms with Crippen LogP contribution in [0.2, 0.25) is 0 Å². The van der Waals surface area contributed by atoms with Gasteiger partial charge < -0.3 is 24.4 Å². The van der Waals surface area contributed by atoms with Crippen molar-refractivity contribution in [3.05, 3.63) is 64.0 Å². The van der Waals surface area contributed by atoms with E-state index in [1.54, 1.807) is 34.4 Å². The molecule has 1 saturated carbocycles. The molecule has 0 spiro atoms. The number of nitrogens with zero attached hydrogens (tertiary/aromatic N) is 4. The predicted molar refractivity (Wildman–Crippen MR) is 154 cm³/mol. The Hall–Kier alpha value is -3.94. The number of aliphatic carboxylic acids is 1. The van der Waals surface area contributed by atoms with Crippen molar-refractivity contribution in [1.29, 1.82) is 5.26 Å². The van der Waals surface area contributed by atoms with Gasteiger partial charge in [-0.15, -0.1) is 11.3 Å². The van der Waals surface area contributed by atoms with Gasteiger partial charge >= 0.3 is 5.97 Å². The molecule has 2 aliphatic heterocycles. The predicted octanol–water partition coefficient (Wildman–Crippen LogP) is 4.59. The minimum atomic E-state index is -0.670. The minimum Gasteiger partial charge on any atom is -0.488 e. The zero-order chi connectivity index (χ0) is 28.5. The van der Waals surface area contributed by atoms with Gasteiger partial charge in [-0.1, -0.05) is 17.7 Å². The van der Waals surface area contributed by atoms with E-state index in [0.717, 1.165) is 47.9 Å². The first kappa shape index (κ1) is 27.2. The third kappa shape index (κ3) is 5.52. The topological polar surface area (TPSA) is 116 Å². The fraction of sp³-hybridized carbons (Fsp3) is 0.419. The summed E-state index contributed by atoms with van der Waals surface area (Å²) >= 11 is 1.57. The van der Waals surface area contributed by atoms with Gasteiger partial charge in [0.05, 0.1) is 36.5 Å². The maximum absolute atomic E-state index is 12.9. The van der Waals surface area contributed by atoms with Crippen molar-refractivity contribution in [1.82, 2.24) is 9.88 Å². The number of aryl methyl sites for hydroxylation is 1. The zero-order valence-corrected chi connectivity index (χ0v) is 23.7. The summed E-state index contributed by atoms with van der Waals surface area (Å²) in [6.07, 6.45) is 1.92. The average molecular weight is 573 g/mol. The first-order chi connectivity index (χ1) is 19.9. The molecule has 2 bridgehead atoms. The summed E-state index contributed by atoms with van der Waals surface area (Å²) in [4.78, 5) is 33.6. The molecule has 1 aromatic heterocycles. The maximum atomic E-state index is 12.9. The van der Waals surface area contributed by atoms with Crippen LogP contribution in [0.4, 0.5) is 5.13 Å². The molecule has 3 heterocycles. The summed E-state index contributed by atoms with van der Waals surface area (Å²) in [6, 6.07) is 13.3. The van der Waals surface area contributed by atoms with Crippen molar-refractivity contribution in [3.8, 4) is 23.1 Å². The number of carboxylic acid groups (broad SMARTS) is 1. The van der Waals surface area contributed by atoms with Crippen LogP contribution in [-0.2, 0) is 16.1 Å². The third-order valence-electron chi connectivity index (χ3n) is 8.45. The molecule has 1 aliphatic carbocycles. The Morgan fingerprint density at radius 1 is 1.15 bits per heavy atom. The van der Waals surface area contributed by atoms with E-state index in [1.807, 2.05) is 30.5 Å². The largest absolute Gasteiger partial charge is 0.488 e. The van der Waals surface area contributed by atoms with Crippen molar-refractivity contribution in [2.75, 3.05) is 44.3 Å². The number of rotatable bonds is 7. The molecular formula is C31H32N4O5S. The number of hydrogen-bond acceptors (Lipinski definition) is 8. The number of amides is 1. The van der Waals surface area contributed by atoms with E-state index in [2.05, 4.69) is 11.0 Å². The minimum absolute atomic E-state index is 0.0994. The number of thiazole rings is 1. The highest BCUT2D eigenvalue weighted by Gasteiger charge is 2.46. The SMILES string of the molecule is Cc1ccc(OCc2ccc(C(=O)N3CCOCC3)cc2C#N)c(-c2csc(N3C[C@H]4CC[C@@H](C3)[C@H]4C(=O)O)n2)c1. The smallest absolute Gasteiger partial charge is 0.307 e. The van der Waals surface area contributed by atoms with Gasteiger partial charge in [0.1, 0.15) is 12.4 Å². The molecule has 41 heavy (non-hydrogen) atoms. The van der Waals surface area contributed by atoms with Crippen LogP contribution in [0.15, 0.2) is 41.8 Å². The second-order valence-corrected chi connectivity index (χ2v) is 11.9. The van der Waals surface area contributed by atoms with Gasteiger partial charge in [-0.25, -0.2) is 4.98 Å². The van der Waals surface area contributed by atoms with Crippen molar-refractivity contribution in [2.45, 2.75) is 26.4 Å². The highest BCUT2D eigenvalue weighted by atomic mass is 32.1. The molecule has 3 fully saturated rings. The highest BCUT2D eigenvalue weighted by molar-refractivity contribution is 7.14. The molecule has 0 unspecified atom stereocenters. The van der Waals surface area contributed by atoms with Gasteiger partial charge in [0.25, 0.3) is 5.91 Å². The van der Waals surface area contributed by atoms with Crippen LogP contribution in [0.5, 0.6) is 5.75 Å². The van der Waals surface area contributed by atoms with E-state index in [9.17, 15) is 20.0 Å². The maximum Gasteiger partial charge on any atom is 0.307 e. The molecule has 3 aliphatic rings. The monoisotopic (exact) mass is 572 g/mol. The van der Waals surface area contributed by atoms with Crippen LogP contribution in [-0.4, -0.2) is 66.3 Å². The van der Waals surface area contributed by atoms with Crippen LogP contribution in [0, 0.1) is 36.0 Å². The van der Waals surface area contributed by atoms with E-state index in [-0.39, 0.29) is 30.3 Å². The van der Waals surface area contributed by atoms with Gasteiger partial charge in [0.2, 0.25) is 0 Å². The van der Waals surface area contributed by atoms with Gasteiger partial charge in [0, 0.05) is 48.2 Å². The molecule has 2 aromatic carbocycles. The third-order valence-corrected chi connectivity index (χ3v) is 9.35. The second-order valence-electron chi connectivity index (χ2n) is 11.1. The number of anilines is 1. The van der Waals surface area contributed by atoms with Crippen LogP contribution in [0.3, 0.4) is 0 Å². The summed E-state index contributed by atoms with van der Waals surface area (Å²) in [7, 11) is 0. The number of nitriles is 1. The molecule has 3 atom stereocenters. The average Bonchev–Trinajstić information content (AvgIpc) is 3.59. The molecular weight excluding hydrogens is 540 g/mol. The van der Waals surface area contributed by atoms with Crippen molar-refractivity contribution < 1.29 is 24.2 Å². The number of ether oxygens (including phenoxy) is 2. The van der Waals surface area contributed by atoms with Crippen molar-refractivity contribution >= 4 is 28.3 Å². The van der Waals surface area contributed by atoms with Crippen LogP contribution in [0.25, 0.3) is 11.3 Å². The highest BCUT2D eigenvalue weighted by Crippen LogP contribution is 2.44. The van der Waals surface area contributed by atoms with E-state index in [0.29, 0.717) is 48.7 Å². The van der Waals surface area contributed by atoms with Gasteiger partial charge in [-0.2, -0.15) is 5.26 Å². The summed E-state index contributed by atoms with van der Waals surface area (Å²) in [5.41, 5.74) is 4.35. The van der Waals surface area contributed by atoms with Crippen LogP contribution < -0.4 is 9.64 Å². The lowest BCUT2D eigenvalue weighted by Crippen LogP contribution is -2.44.